The van der Waals surface area contributed by atoms with Crippen LogP contribution in [0.5, 0.6) is 5.75 Å². The third kappa shape index (κ3) is 3.74. The van der Waals surface area contributed by atoms with Crippen LogP contribution in [-0.4, -0.2) is 40.6 Å². The summed E-state index contributed by atoms with van der Waals surface area (Å²) in [5, 5.41) is 0. The molecule has 0 amide bonds. The molecular weight excluding hydrogens is 330 g/mol. The maximum atomic E-state index is 12.6. The number of ether oxygens (including phenoxy) is 3. The van der Waals surface area contributed by atoms with Gasteiger partial charge in [-0.1, -0.05) is 12.5 Å². The first-order chi connectivity index (χ1) is 11.4. The average molecular weight is 355 g/mol. The number of nitrogens with one attached hydrogen (secondary N) is 1. The molecule has 1 saturated carbocycles. The Kier molecular flexibility index (Phi) is 5.15. The van der Waals surface area contributed by atoms with Crippen LogP contribution >= 0.6 is 0 Å². The Morgan fingerprint density at radius 1 is 1.29 bits per heavy atom. The lowest BCUT2D eigenvalue weighted by molar-refractivity contribution is -0.186. The molecular formula is C17H25NO5S. The molecule has 0 radical (unpaired) electrons. The van der Waals surface area contributed by atoms with Crippen molar-refractivity contribution in [2.75, 3.05) is 20.3 Å². The molecule has 3 rings (SSSR count). The first-order valence-corrected chi connectivity index (χ1v) is 9.88. The highest BCUT2D eigenvalue weighted by Gasteiger charge is 2.42. The molecule has 1 aliphatic heterocycles. The van der Waals surface area contributed by atoms with Crippen molar-refractivity contribution in [2.24, 2.45) is 0 Å². The summed E-state index contributed by atoms with van der Waals surface area (Å²) in [6.07, 6.45) is 4.93. The van der Waals surface area contributed by atoms with Crippen molar-refractivity contribution in [3.63, 3.8) is 0 Å². The van der Waals surface area contributed by atoms with Gasteiger partial charge in [-0.25, -0.2) is 13.1 Å². The number of sulfonamides is 1. The smallest absolute Gasteiger partial charge is 0.244 e. The molecule has 1 spiro atoms. The minimum absolute atomic E-state index is 0.149. The van der Waals surface area contributed by atoms with Gasteiger partial charge in [-0.05, 0) is 37.5 Å². The maximum Gasteiger partial charge on any atom is 0.244 e. The summed E-state index contributed by atoms with van der Waals surface area (Å²) in [6.45, 7) is 2.47. The second-order valence-corrected chi connectivity index (χ2v) is 8.26. The van der Waals surface area contributed by atoms with Crippen molar-refractivity contribution in [2.45, 2.75) is 55.8 Å². The highest BCUT2D eigenvalue weighted by atomic mass is 32.2. The van der Waals surface area contributed by atoms with Crippen LogP contribution in [0.3, 0.4) is 0 Å². The van der Waals surface area contributed by atoms with E-state index in [1.807, 2.05) is 13.0 Å². The minimum atomic E-state index is -3.67. The Hall–Kier alpha value is -1.15. The lowest BCUT2D eigenvalue weighted by Gasteiger charge is -2.31. The molecule has 1 heterocycles. The fraction of sp³-hybridized carbons (Fsp3) is 0.647. The Bertz CT molecular complexity index is 682. The van der Waals surface area contributed by atoms with Gasteiger partial charge in [-0.15, -0.1) is 0 Å². The summed E-state index contributed by atoms with van der Waals surface area (Å²) in [7, 11) is -2.20. The summed E-state index contributed by atoms with van der Waals surface area (Å²) >= 11 is 0. The summed E-state index contributed by atoms with van der Waals surface area (Å²) in [5.41, 5.74) is 0.859. The molecule has 1 aromatic carbocycles. The summed E-state index contributed by atoms with van der Waals surface area (Å²) in [4.78, 5) is 0.149. The Balaban J connectivity index is 1.65. The van der Waals surface area contributed by atoms with Crippen LogP contribution in [0.15, 0.2) is 23.1 Å². The van der Waals surface area contributed by atoms with E-state index in [0.29, 0.717) is 12.4 Å². The molecule has 6 nitrogen and oxygen atoms in total. The highest BCUT2D eigenvalue weighted by molar-refractivity contribution is 7.89. The first kappa shape index (κ1) is 17.7. The van der Waals surface area contributed by atoms with Crippen molar-refractivity contribution in [1.29, 1.82) is 0 Å². The SMILES string of the molecule is COc1ccc(C)cc1S(=O)(=O)NCC1COC2(CCCCC2)O1. The van der Waals surface area contributed by atoms with Gasteiger partial charge in [-0.2, -0.15) is 0 Å². The van der Waals surface area contributed by atoms with Crippen LogP contribution in [0, 0.1) is 6.92 Å². The van der Waals surface area contributed by atoms with Gasteiger partial charge in [-0.3, -0.25) is 0 Å². The van der Waals surface area contributed by atoms with Gasteiger partial charge >= 0.3 is 0 Å². The highest BCUT2D eigenvalue weighted by Crippen LogP contribution is 2.37. The van der Waals surface area contributed by atoms with Crippen molar-refractivity contribution < 1.29 is 22.6 Å². The van der Waals surface area contributed by atoms with Gasteiger partial charge in [0, 0.05) is 19.4 Å². The van der Waals surface area contributed by atoms with E-state index in [0.717, 1.165) is 31.2 Å². The Morgan fingerprint density at radius 3 is 2.75 bits per heavy atom. The van der Waals surface area contributed by atoms with E-state index in [2.05, 4.69) is 4.72 Å². The number of rotatable bonds is 5. The predicted molar refractivity (Wildman–Crippen MR) is 89.6 cm³/mol. The largest absolute Gasteiger partial charge is 0.495 e. The molecule has 1 saturated heterocycles. The zero-order valence-electron chi connectivity index (χ0n) is 14.2. The van der Waals surface area contributed by atoms with Gasteiger partial charge in [0.1, 0.15) is 10.6 Å². The Labute approximate surface area is 143 Å². The van der Waals surface area contributed by atoms with Gasteiger partial charge in [0.15, 0.2) is 5.79 Å². The standard InChI is InChI=1S/C17H25NO5S/c1-13-6-7-15(21-2)16(10-13)24(19,20)18-11-14-12-22-17(23-14)8-4-3-5-9-17/h6-7,10,14,18H,3-5,8-9,11-12H2,1-2H3. The molecule has 7 heteroatoms. The Morgan fingerprint density at radius 2 is 2.04 bits per heavy atom. The molecule has 1 unspecified atom stereocenters. The topological polar surface area (TPSA) is 73.9 Å². The normalized spacial score (nSPS) is 23.5. The van der Waals surface area contributed by atoms with Crippen LogP contribution in [-0.2, 0) is 19.5 Å². The van der Waals surface area contributed by atoms with Gasteiger partial charge < -0.3 is 14.2 Å². The molecule has 0 aromatic heterocycles. The number of hydrogen-bond acceptors (Lipinski definition) is 5. The van der Waals surface area contributed by atoms with Crippen LogP contribution in [0.25, 0.3) is 0 Å². The van der Waals surface area contributed by atoms with Crippen LogP contribution < -0.4 is 9.46 Å². The molecule has 134 valence electrons. The molecule has 2 aliphatic rings. The summed E-state index contributed by atoms with van der Waals surface area (Å²) in [6, 6.07) is 5.09. The average Bonchev–Trinajstić information content (AvgIpc) is 2.96. The molecule has 2 fully saturated rings. The van der Waals surface area contributed by atoms with Crippen molar-refractivity contribution in [1.82, 2.24) is 4.72 Å². The van der Waals surface area contributed by atoms with Crippen molar-refractivity contribution in [3.8, 4) is 5.75 Å². The molecule has 1 aromatic rings. The van der Waals surface area contributed by atoms with E-state index < -0.39 is 15.8 Å². The number of methoxy groups -OCH3 is 1. The first-order valence-electron chi connectivity index (χ1n) is 8.40. The van der Waals surface area contributed by atoms with Gasteiger partial charge in [0.25, 0.3) is 0 Å². The molecule has 1 N–H and O–H groups in total. The van der Waals surface area contributed by atoms with E-state index in [-0.39, 0.29) is 17.5 Å². The van der Waals surface area contributed by atoms with Crippen LogP contribution in [0.2, 0.25) is 0 Å². The second-order valence-electron chi connectivity index (χ2n) is 6.53. The maximum absolute atomic E-state index is 12.6. The van der Waals surface area contributed by atoms with E-state index in [1.54, 1.807) is 12.1 Å². The fourth-order valence-corrected chi connectivity index (χ4v) is 4.66. The molecule has 0 bridgehead atoms. The number of hydrogen-bond donors (Lipinski definition) is 1. The van der Waals surface area contributed by atoms with Crippen molar-refractivity contribution >= 4 is 10.0 Å². The monoisotopic (exact) mass is 355 g/mol. The van der Waals surface area contributed by atoms with Crippen LogP contribution in [0.1, 0.15) is 37.7 Å². The quantitative estimate of drug-likeness (QED) is 0.878. The minimum Gasteiger partial charge on any atom is -0.495 e. The fourth-order valence-electron chi connectivity index (χ4n) is 3.34. The van der Waals surface area contributed by atoms with E-state index in [1.165, 1.54) is 13.5 Å². The number of benzene rings is 1. The summed E-state index contributed by atoms with van der Waals surface area (Å²) in [5.74, 6) is -0.157. The zero-order valence-corrected chi connectivity index (χ0v) is 15.0. The van der Waals surface area contributed by atoms with E-state index in [9.17, 15) is 8.42 Å². The van der Waals surface area contributed by atoms with Crippen LogP contribution in [0.4, 0.5) is 0 Å². The lowest BCUT2D eigenvalue weighted by atomic mass is 9.94. The summed E-state index contributed by atoms with van der Waals surface area (Å²) < 4.78 is 44.9. The lowest BCUT2D eigenvalue weighted by Crippen LogP contribution is -2.37. The molecule has 1 atom stereocenters. The second kappa shape index (κ2) is 7.00. The number of aryl methyl sites for hydroxylation is 1. The predicted octanol–water partition coefficient (Wildman–Crippen LogP) is 2.36. The molecule has 24 heavy (non-hydrogen) atoms. The van der Waals surface area contributed by atoms with Crippen molar-refractivity contribution in [3.05, 3.63) is 23.8 Å². The zero-order chi connectivity index (χ0) is 17.2. The third-order valence-corrected chi connectivity index (χ3v) is 6.08. The van der Waals surface area contributed by atoms with Gasteiger partial charge in [0.05, 0.1) is 19.8 Å². The van der Waals surface area contributed by atoms with E-state index >= 15 is 0 Å². The third-order valence-electron chi connectivity index (χ3n) is 4.64. The molecule has 1 aliphatic carbocycles. The van der Waals surface area contributed by atoms with E-state index in [4.69, 9.17) is 14.2 Å². The van der Waals surface area contributed by atoms with Gasteiger partial charge in [0.2, 0.25) is 10.0 Å².